The molecule has 0 radical (unpaired) electrons. The summed E-state index contributed by atoms with van der Waals surface area (Å²) < 4.78 is 6.66. The van der Waals surface area contributed by atoms with Gasteiger partial charge in [-0.3, -0.25) is 9.59 Å². The Morgan fingerprint density at radius 2 is 1.92 bits per heavy atom. The smallest absolute Gasteiger partial charge is 0.257 e. The Morgan fingerprint density at radius 1 is 1.16 bits per heavy atom. The average Bonchev–Trinajstić information content (AvgIpc) is 3.64. The van der Waals surface area contributed by atoms with Crippen molar-refractivity contribution in [2.75, 3.05) is 10.6 Å². The van der Waals surface area contributed by atoms with Crippen LogP contribution in [-0.4, -0.2) is 16.8 Å². The van der Waals surface area contributed by atoms with Gasteiger partial charge in [0.15, 0.2) is 5.13 Å². The van der Waals surface area contributed by atoms with Gasteiger partial charge in [0, 0.05) is 23.2 Å². The van der Waals surface area contributed by atoms with E-state index in [4.69, 9.17) is 22.1 Å². The summed E-state index contributed by atoms with van der Waals surface area (Å²) in [5.41, 5.74) is 7.86. The molecule has 0 aliphatic heterocycles. The lowest BCUT2D eigenvalue weighted by atomic mass is 9.93. The number of thiazole rings is 1. The minimum Gasteiger partial charge on any atom is -0.456 e. The summed E-state index contributed by atoms with van der Waals surface area (Å²) in [7, 11) is 0. The maximum atomic E-state index is 13.0. The van der Waals surface area contributed by atoms with Crippen LogP contribution in [0.2, 0.25) is 5.02 Å². The van der Waals surface area contributed by atoms with Crippen LogP contribution in [0.5, 0.6) is 11.5 Å². The highest BCUT2D eigenvalue weighted by molar-refractivity contribution is 7.22. The van der Waals surface area contributed by atoms with Crippen LogP contribution in [0.3, 0.4) is 0 Å². The van der Waals surface area contributed by atoms with Gasteiger partial charge in [0.2, 0.25) is 5.91 Å². The number of carbonyl (C=O) groups is 2. The number of hydrogen-bond acceptors (Lipinski definition) is 7. The fourth-order valence-corrected chi connectivity index (χ4v) is 5.35. The molecule has 1 aliphatic rings. The zero-order valence-electron chi connectivity index (χ0n) is 20.7. The van der Waals surface area contributed by atoms with E-state index in [0.717, 1.165) is 12.8 Å². The Bertz CT molecular complexity index is 1620. The number of fused-ring (bicyclic) bond motifs is 1. The second kappa shape index (κ2) is 10.1. The number of nitrogens with one attached hydrogen (secondary N) is 2. The van der Waals surface area contributed by atoms with E-state index in [2.05, 4.69) is 21.7 Å². The molecule has 10 heteroatoms. The molecule has 3 aromatic carbocycles. The number of nitrogens with zero attached hydrogens (tertiary/aromatic N) is 2. The predicted octanol–water partition coefficient (Wildman–Crippen LogP) is 6.41. The molecule has 0 saturated heterocycles. The molecule has 1 aromatic heterocycles. The number of aromatic nitrogens is 1. The highest BCUT2D eigenvalue weighted by atomic mass is 35.5. The van der Waals surface area contributed by atoms with Crippen molar-refractivity contribution in [3.63, 3.8) is 0 Å². The number of nitrogens with two attached hydrogens (primary N) is 1. The lowest BCUT2D eigenvalue weighted by Gasteiger charge is -2.22. The standard InChI is InChI=1S/C28H24ClN5O3S/c1-28(2,31)20-8-4-7-18(23(20)29)26(36)32-16-5-3-6-17(13-16)37-22-12-11-21-24(19(22)14-30)38-27(33-21)34-25(35)15-9-10-15/h3-8,11-13,15H,9-10,31H2,1-2H3,(H,32,36)(H,33,34,35). The van der Waals surface area contributed by atoms with Crippen LogP contribution >= 0.6 is 22.9 Å². The van der Waals surface area contributed by atoms with Gasteiger partial charge in [0.1, 0.15) is 23.1 Å². The van der Waals surface area contributed by atoms with E-state index < -0.39 is 5.54 Å². The molecule has 2 amide bonds. The van der Waals surface area contributed by atoms with Gasteiger partial charge in [-0.05, 0) is 62.6 Å². The minimum atomic E-state index is -0.706. The first-order chi connectivity index (χ1) is 18.1. The van der Waals surface area contributed by atoms with Gasteiger partial charge in [0.25, 0.3) is 5.91 Å². The third-order valence-electron chi connectivity index (χ3n) is 6.07. The van der Waals surface area contributed by atoms with Gasteiger partial charge < -0.3 is 21.1 Å². The second-order valence-electron chi connectivity index (χ2n) is 9.65. The Morgan fingerprint density at radius 3 is 2.63 bits per heavy atom. The first-order valence-corrected chi connectivity index (χ1v) is 13.1. The van der Waals surface area contributed by atoms with Crippen LogP contribution in [0.4, 0.5) is 10.8 Å². The maximum Gasteiger partial charge on any atom is 0.257 e. The molecule has 0 atom stereocenters. The van der Waals surface area contributed by atoms with Crippen molar-refractivity contribution in [2.45, 2.75) is 32.2 Å². The number of nitriles is 1. The number of ether oxygens (including phenoxy) is 1. The van der Waals surface area contributed by atoms with Crippen LogP contribution in [0.1, 0.15) is 48.2 Å². The monoisotopic (exact) mass is 545 g/mol. The molecule has 4 N–H and O–H groups in total. The van der Waals surface area contributed by atoms with Crippen molar-refractivity contribution >= 4 is 55.8 Å². The average molecular weight is 546 g/mol. The number of rotatable bonds is 7. The van der Waals surface area contributed by atoms with Crippen molar-refractivity contribution in [1.29, 1.82) is 5.26 Å². The van der Waals surface area contributed by atoms with Gasteiger partial charge >= 0.3 is 0 Å². The summed E-state index contributed by atoms with van der Waals surface area (Å²) in [4.78, 5) is 29.6. The van der Waals surface area contributed by atoms with Crippen LogP contribution < -0.4 is 21.1 Å². The van der Waals surface area contributed by atoms with E-state index in [9.17, 15) is 14.9 Å². The normalized spacial score (nSPS) is 13.1. The van der Waals surface area contributed by atoms with Gasteiger partial charge in [-0.25, -0.2) is 4.98 Å². The Hall–Kier alpha value is -3.97. The summed E-state index contributed by atoms with van der Waals surface area (Å²) in [5.74, 6) is 0.388. The zero-order valence-corrected chi connectivity index (χ0v) is 22.2. The first-order valence-electron chi connectivity index (χ1n) is 12.0. The fraction of sp³-hybridized carbons (Fsp3) is 0.214. The number of hydrogen-bond donors (Lipinski definition) is 3. The molecule has 1 fully saturated rings. The van der Waals surface area contributed by atoms with Gasteiger partial charge in [-0.15, -0.1) is 0 Å². The second-order valence-corrected chi connectivity index (χ2v) is 11.0. The minimum absolute atomic E-state index is 0.0438. The molecule has 0 unspecified atom stereocenters. The van der Waals surface area contributed by atoms with Crippen LogP contribution in [0.15, 0.2) is 54.6 Å². The molecule has 1 aliphatic carbocycles. The van der Waals surface area contributed by atoms with Crippen LogP contribution in [0.25, 0.3) is 10.2 Å². The molecule has 0 spiro atoms. The third-order valence-corrected chi connectivity index (χ3v) is 7.48. The summed E-state index contributed by atoms with van der Waals surface area (Å²) in [6, 6.07) is 17.6. The number of halogens is 1. The summed E-state index contributed by atoms with van der Waals surface area (Å²) in [6.45, 7) is 3.64. The van der Waals surface area contributed by atoms with Crippen molar-refractivity contribution in [3.8, 4) is 17.6 Å². The third kappa shape index (κ3) is 5.34. The van der Waals surface area contributed by atoms with E-state index in [1.54, 1.807) is 54.6 Å². The maximum absolute atomic E-state index is 13.0. The predicted molar refractivity (Wildman–Crippen MR) is 149 cm³/mol. The van der Waals surface area contributed by atoms with E-state index >= 15 is 0 Å². The lowest BCUT2D eigenvalue weighted by Crippen LogP contribution is -2.29. The summed E-state index contributed by atoms with van der Waals surface area (Å²) in [6.07, 6.45) is 1.78. The molecule has 1 saturated carbocycles. The molecule has 4 aromatic rings. The molecular formula is C28H24ClN5O3S. The highest BCUT2D eigenvalue weighted by Crippen LogP contribution is 2.38. The highest BCUT2D eigenvalue weighted by Gasteiger charge is 2.30. The Kier molecular flexibility index (Phi) is 6.80. The van der Waals surface area contributed by atoms with Crippen molar-refractivity contribution in [1.82, 2.24) is 4.98 Å². The quantitative estimate of drug-likeness (QED) is 0.246. The first kappa shape index (κ1) is 25.7. The topological polar surface area (TPSA) is 130 Å². The molecule has 1 heterocycles. The van der Waals surface area contributed by atoms with Crippen molar-refractivity contribution in [3.05, 3.63) is 76.3 Å². The van der Waals surface area contributed by atoms with Gasteiger partial charge in [-0.2, -0.15) is 5.26 Å². The van der Waals surface area contributed by atoms with Crippen molar-refractivity contribution < 1.29 is 14.3 Å². The number of benzene rings is 3. The summed E-state index contributed by atoms with van der Waals surface area (Å²) >= 11 is 7.73. The van der Waals surface area contributed by atoms with E-state index in [0.29, 0.717) is 54.2 Å². The Balaban J connectivity index is 1.36. The lowest BCUT2D eigenvalue weighted by molar-refractivity contribution is -0.117. The molecule has 38 heavy (non-hydrogen) atoms. The largest absolute Gasteiger partial charge is 0.456 e. The van der Waals surface area contributed by atoms with Gasteiger partial charge in [-0.1, -0.05) is 41.1 Å². The number of amides is 2. The van der Waals surface area contributed by atoms with Gasteiger partial charge in [0.05, 0.1) is 20.8 Å². The van der Waals surface area contributed by atoms with E-state index in [1.165, 1.54) is 11.3 Å². The Labute approximate surface area is 228 Å². The van der Waals surface area contributed by atoms with E-state index in [1.807, 2.05) is 13.8 Å². The molecule has 0 bridgehead atoms. The number of carbonyl (C=O) groups excluding carboxylic acids is 2. The zero-order chi connectivity index (χ0) is 27.0. The molecule has 5 rings (SSSR count). The SMILES string of the molecule is CC(C)(N)c1cccc(C(=O)Nc2cccc(Oc3ccc4nc(NC(=O)C5CC5)sc4c3C#N)c2)c1Cl. The molecule has 192 valence electrons. The number of anilines is 2. The van der Waals surface area contributed by atoms with Crippen molar-refractivity contribution in [2.24, 2.45) is 11.7 Å². The molecular weight excluding hydrogens is 522 g/mol. The van der Waals surface area contributed by atoms with E-state index in [-0.39, 0.29) is 17.7 Å². The van der Waals surface area contributed by atoms with Crippen LogP contribution in [-0.2, 0) is 10.3 Å². The fourth-order valence-electron chi connectivity index (χ4n) is 3.94. The van der Waals surface area contributed by atoms with Crippen LogP contribution in [0, 0.1) is 17.2 Å². The molecule has 8 nitrogen and oxygen atoms in total. The summed E-state index contributed by atoms with van der Waals surface area (Å²) in [5, 5.41) is 16.3.